The molecule has 0 radical (unpaired) electrons. The second-order valence-electron chi connectivity index (χ2n) is 3.75. The van der Waals surface area contributed by atoms with E-state index in [9.17, 15) is 13.2 Å². The monoisotopic (exact) mass is 288 g/mol. The summed E-state index contributed by atoms with van der Waals surface area (Å²) in [7, 11) is -3.30. The second-order valence-corrected chi connectivity index (χ2v) is 6.48. The minimum atomic E-state index is -3.30. The molecule has 0 spiro atoms. The molecule has 0 aliphatic rings. The SMILES string of the molecule is CSCCC(=O)Nc1cccc(NS(C)(=O)=O)c1. The van der Waals surface area contributed by atoms with Crippen molar-refractivity contribution < 1.29 is 13.2 Å². The molecule has 1 amide bonds. The Morgan fingerprint density at radius 2 is 2.00 bits per heavy atom. The molecule has 0 unspecified atom stereocenters. The van der Waals surface area contributed by atoms with E-state index in [1.807, 2.05) is 6.26 Å². The van der Waals surface area contributed by atoms with Gasteiger partial charge in [-0.15, -0.1) is 0 Å². The highest BCUT2D eigenvalue weighted by molar-refractivity contribution is 7.98. The standard InChI is InChI=1S/C11H16N2O3S2/c1-17-7-6-11(14)12-9-4-3-5-10(8-9)13-18(2,15)16/h3-5,8,13H,6-7H2,1-2H3,(H,12,14). The molecule has 1 aromatic rings. The number of benzene rings is 1. The lowest BCUT2D eigenvalue weighted by molar-refractivity contribution is -0.115. The largest absolute Gasteiger partial charge is 0.326 e. The number of hydrogen-bond acceptors (Lipinski definition) is 4. The van der Waals surface area contributed by atoms with Gasteiger partial charge in [-0.25, -0.2) is 8.42 Å². The number of thioether (sulfide) groups is 1. The molecular formula is C11H16N2O3S2. The van der Waals surface area contributed by atoms with Crippen molar-refractivity contribution in [1.82, 2.24) is 0 Å². The van der Waals surface area contributed by atoms with Crippen LogP contribution < -0.4 is 10.0 Å². The summed E-state index contributed by atoms with van der Waals surface area (Å²) in [4.78, 5) is 11.5. The van der Waals surface area contributed by atoms with Gasteiger partial charge in [0.1, 0.15) is 0 Å². The van der Waals surface area contributed by atoms with Gasteiger partial charge in [-0.3, -0.25) is 9.52 Å². The Labute approximate surface area is 111 Å². The van der Waals surface area contributed by atoms with E-state index >= 15 is 0 Å². The van der Waals surface area contributed by atoms with Gasteiger partial charge in [0.15, 0.2) is 0 Å². The quantitative estimate of drug-likeness (QED) is 0.836. The van der Waals surface area contributed by atoms with Crippen molar-refractivity contribution in [2.45, 2.75) is 6.42 Å². The first-order chi connectivity index (χ1) is 8.40. The molecule has 100 valence electrons. The van der Waals surface area contributed by atoms with Crippen molar-refractivity contribution in [1.29, 1.82) is 0 Å². The molecule has 0 fully saturated rings. The van der Waals surface area contributed by atoms with Crippen LogP contribution in [0.3, 0.4) is 0 Å². The Hall–Kier alpha value is -1.21. The van der Waals surface area contributed by atoms with Crippen LogP contribution in [0.1, 0.15) is 6.42 Å². The van der Waals surface area contributed by atoms with Crippen LogP contribution >= 0.6 is 11.8 Å². The van der Waals surface area contributed by atoms with Gasteiger partial charge < -0.3 is 5.32 Å². The molecule has 18 heavy (non-hydrogen) atoms. The molecule has 0 saturated heterocycles. The maximum atomic E-state index is 11.5. The lowest BCUT2D eigenvalue weighted by Gasteiger charge is -2.08. The van der Waals surface area contributed by atoms with Crippen LogP contribution in [-0.4, -0.2) is 32.6 Å². The lowest BCUT2D eigenvalue weighted by Crippen LogP contribution is -2.13. The summed E-state index contributed by atoms with van der Waals surface area (Å²) in [5, 5.41) is 2.72. The summed E-state index contributed by atoms with van der Waals surface area (Å²) in [6.07, 6.45) is 3.45. The maximum Gasteiger partial charge on any atom is 0.229 e. The van der Waals surface area contributed by atoms with Crippen molar-refractivity contribution in [2.24, 2.45) is 0 Å². The number of amides is 1. The van der Waals surface area contributed by atoms with E-state index in [4.69, 9.17) is 0 Å². The third-order valence-corrected chi connectivity index (χ3v) is 3.20. The van der Waals surface area contributed by atoms with E-state index in [0.717, 1.165) is 12.0 Å². The highest BCUT2D eigenvalue weighted by Crippen LogP contribution is 2.16. The third-order valence-electron chi connectivity index (χ3n) is 1.98. The molecule has 5 nitrogen and oxygen atoms in total. The number of nitrogens with one attached hydrogen (secondary N) is 2. The highest BCUT2D eigenvalue weighted by atomic mass is 32.2. The molecule has 0 saturated carbocycles. The topological polar surface area (TPSA) is 75.3 Å². The van der Waals surface area contributed by atoms with Crippen molar-refractivity contribution in [3.8, 4) is 0 Å². The van der Waals surface area contributed by atoms with Crippen molar-refractivity contribution in [3.05, 3.63) is 24.3 Å². The summed E-state index contributed by atoms with van der Waals surface area (Å²) in [5.74, 6) is 0.675. The molecule has 2 N–H and O–H groups in total. The van der Waals surface area contributed by atoms with Crippen LogP contribution in [-0.2, 0) is 14.8 Å². The van der Waals surface area contributed by atoms with Crippen LogP contribution in [0, 0.1) is 0 Å². The predicted molar refractivity (Wildman–Crippen MR) is 76.5 cm³/mol. The van der Waals surface area contributed by atoms with Gasteiger partial charge >= 0.3 is 0 Å². The van der Waals surface area contributed by atoms with E-state index in [0.29, 0.717) is 17.8 Å². The fourth-order valence-corrected chi connectivity index (χ4v) is 2.24. The lowest BCUT2D eigenvalue weighted by atomic mass is 10.3. The van der Waals surface area contributed by atoms with Crippen LogP contribution in [0.5, 0.6) is 0 Å². The Morgan fingerprint density at radius 1 is 1.33 bits per heavy atom. The summed E-state index contributed by atoms with van der Waals surface area (Å²) in [5.41, 5.74) is 1.01. The van der Waals surface area contributed by atoms with Gasteiger partial charge in [-0.2, -0.15) is 11.8 Å². The zero-order valence-corrected chi connectivity index (χ0v) is 11.9. The average Bonchev–Trinajstić information content (AvgIpc) is 2.24. The predicted octanol–water partition coefficient (Wildman–Crippen LogP) is 1.75. The van der Waals surface area contributed by atoms with Crippen LogP contribution in [0.15, 0.2) is 24.3 Å². The first kappa shape index (κ1) is 14.8. The Kier molecular flexibility index (Phi) is 5.49. The first-order valence-electron chi connectivity index (χ1n) is 5.27. The number of hydrogen-bond donors (Lipinski definition) is 2. The number of anilines is 2. The molecule has 1 aromatic carbocycles. The van der Waals surface area contributed by atoms with E-state index < -0.39 is 10.0 Å². The van der Waals surface area contributed by atoms with Gasteiger partial charge in [0.2, 0.25) is 15.9 Å². The van der Waals surface area contributed by atoms with Crippen LogP contribution in [0.25, 0.3) is 0 Å². The summed E-state index contributed by atoms with van der Waals surface area (Å²) >= 11 is 1.60. The maximum absolute atomic E-state index is 11.5. The number of rotatable bonds is 6. The third kappa shape index (κ3) is 5.92. The first-order valence-corrected chi connectivity index (χ1v) is 8.56. The number of carbonyl (C=O) groups is 1. The molecule has 0 heterocycles. The molecular weight excluding hydrogens is 272 g/mol. The van der Waals surface area contributed by atoms with Gasteiger partial charge in [0.05, 0.1) is 11.9 Å². The normalized spacial score (nSPS) is 11.0. The van der Waals surface area contributed by atoms with E-state index in [-0.39, 0.29) is 5.91 Å². The van der Waals surface area contributed by atoms with Crippen LogP contribution in [0.2, 0.25) is 0 Å². The summed E-state index contributed by atoms with van der Waals surface area (Å²) in [6, 6.07) is 6.60. The summed E-state index contributed by atoms with van der Waals surface area (Å²) < 4.78 is 24.5. The van der Waals surface area contributed by atoms with Crippen molar-refractivity contribution in [3.63, 3.8) is 0 Å². The zero-order valence-electron chi connectivity index (χ0n) is 10.3. The average molecular weight is 288 g/mol. The molecule has 0 bridgehead atoms. The smallest absolute Gasteiger partial charge is 0.229 e. The minimum absolute atomic E-state index is 0.0825. The Morgan fingerprint density at radius 3 is 2.61 bits per heavy atom. The zero-order chi connectivity index (χ0) is 13.6. The molecule has 0 aromatic heterocycles. The molecule has 7 heteroatoms. The Balaban J connectivity index is 2.68. The van der Waals surface area contributed by atoms with Crippen molar-refractivity contribution >= 4 is 39.1 Å². The van der Waals surface area contributed by atoms with E-state index in [1.165, 1.54) is 0 Å². The number of sulfonamides is 1. The van der Waals surface area contributed by atoms with Gasteiger partial charge in [0, 0.05) is 17.9 Å². The van der Waals surface area contributed by atoms with E-state index in [2.05, 4.69) is 10.0 Å². The summed E-state index contributed by atoms with van der Waals surface area (Å²) in [6.45, 7) is 0. The number of carbonyl (C=O) groups excluding carboxylic acids is 1. The Bertz CT molecular complexity index is 515. The van der Waals surface area contributed by atoms with Gasteiger partial charge in [0.25, 0.3) is 0 Å². The molecule has 0 aliphatic carbocycles. The fraction of sp³-hybridized carbons (Fsp3) is 0.364. The van der Waals surface area contributed by atoms with Crippen molar-refractivity contribution in [2.75, 3.05) is 28.3 Å². The highest BCUT2D eigenvalue weighted by Gasteiger charge is 2.05. The second kappa shape index (κ2) is 6.65. The molecule has 0 atom stereocenters. The molecule has 0 aliphatic heterocycles. The minimum Gasteiger partial charge on any atom is -0.326 e. The van der Waals surface area contributed by atoms with Gasteiger partial charge in [-0.05, 0) is 24.5 Å². The fourth-order valence-electron chi connectivity index (χ4n) is 1.29. The van der Waals surface area contributed by atoms with E-state index in [1.54, 1.807) is 36.0 Å². The van der Waals surface area contributed by atoms with Crippen LogP contribution in [0.4, 0.5) is 11.4 Å². The van der Waals surface area contributed by atoms with Gasteiger partial charge in [-0.1, -0.05) is 6.07 Å². The molecule has 1 rings (SSSR count).